The fourth-order valence-electron chi connectivity index (χ4n) is 2.88. The molecule has 0 aliphatic carbocycles. The quantitative estimate of drug-likeness (QED) is 0.487. The Kier molecular flexibility index (Phi) is 6.87. The first-order chi connectivity index (χ1) is 14.7. The van der Waals surface area contributed by atoms with Crippen LogP contribution < -0.4 is 14.8 Å². The van der Waals surface area contributed by atoms with Crippen LogP contribution in [-0.4, -0.2) is 21.4 Å². The molecule has 0 aliphatic rings. The molecule has 0 spiro atoms. The number of benzene rings is 3. The van der Waals surface area contributed by atoms with E-state index in [1.165, 1.54) is 19.2 Å². The first-order valence-corrected chi connectivity index (χ1v) is 11.4. The second kappa shape index (κ2) is 9.41. The summed E-state index contributed by atoms with van der Waals surface area (Å²) in [4.78, 5) is 12.4. The number of amides is 1. The zero-order valence-electron chi connectivity index (χ0n) is 17.3. The van der Waals surface area contributed by atoms with Gasteiger partial charge in [-0.2, -0.15) is 0 Å². The van der Waals surface area contributed by atoms with Gasteiger partial charge in [0.05, 0.1) is 12.1 Å². The number of methoxy groups -OCH3 is 1. The predicted octanol–water partition coefficient (Wildman–Crippen LogP) is 5.53. The van der Waals surface area contributed by atoms with Crippen LogP contribution in [0, 0.1) is 0 Å². The molecule has 0 heterocycles. The molecule has 0 bridgehead atoms. The molecule has 0 unspecified atom stereocenters. The standard InChI is InChI=1S/C23H23ClN2O4S/c1-15(2)16-4-6-17(7-5-16)23(27)25-19-10-13-21(24)22(14-19)31(28,29)26-18-8-11-20(30-3)12-9-18/h4-15,26H,1-3H3,(H,25,27). The summed E-state index contributed by atoms with van der Waals surface area (Å²) in [5.74, 6) is 0.621. The molecular formula is C23H23ClN2O4S. The summed E-state index contributed by atoms with van der Waals surface area (Å²) >= 11 is 6.14. The third kappa shape index (κ3) is 5.57. The average Bonchev–Trinajstić information content (AvgIpc) is 2.75. The minimum atomic E-state index is -3.98. The van der Waals surface area contributed by atoms with E-state index in [9.17, 15) is 13.2 Å². The molecule has 0 fully saturated rings. The van der Waals surface area contributed by atoms with Crippen molar-refractivity contribution in [2.45, 2.75) is 24.7 Å². The lowest BCUT2D eigenvalue weighted by Gasteiger charge is -2.12. The number of anilines is 2. The molecule has 3 aromatic rings. The minimum Gasteiger partial charge on any atom is -0.497 e. The molecule has 1 amide bonds. The number of carbonyl (C=O) groups excluding carboxylic acids is 1. The van der Waals surface area contributed by atoms with Crippen molar-refractivity contribution < 1.29 is 17.9 Å². The van der Waals surface area contributed by atoms with E-state index in [4.69, 9.17) is 16.3 Å². The average molecular weight is 459 g/mol. The lowest BCUT2D eigenvalue weighted by Crippen LogP contribution is -2.15. The molecule has 3 aromatic carbocycles. The van der Waals surface area contributed by atoms with Gasteiger partial charge in [0.25, 0.3) is 15.9 Å². The monoisotopic (exact) mass is 458 g/mol. The Bertz CT molecular complexity index is 1180. The molecule has 0 aromatic heterocycles. The van der Waals surface area contributed by atoms with Gasteiger partial charge in [-0.3, -0.25) is 9.52 Å². The highest BCUT2D eigenvalue weighted by atomic mass is 35.5. The maximum absolute atomic E-state index is 12.8. The van der Waals surface area contributed by atoms with Crippen LogP contribution in [0.4, 0.5) is 11.4 Å². The van der Waals surface area contributed by atoms with Crippen molar-refractivity contribution in [1.29, 1.82) is 0 Å². The summed E-state index contributed by atoms with van der Waals surface area (Å²) in [6.45, 7) is 4.15. The Balaban J connectivity index is 1.80. The van der Waals surface area contributed by atoms with Crippen LogP contribution in [0.3, 0.4) is 0 Å². The Morgan fingerprint density at radius 2 is 1.55 bits per heavy atom. The minimum absolute atomic E-state index is 0.0419. The Morgan fingerprint density at radius 1 is 0.935 bits per heavy atom. The third-order valence-electron chi connectivity index (χ3n) is 4.66. The number of carbonyl (C=O) groups is 1. The number of ether oxygens (including phenoxy) is 1. The fourth-order valence-corrected chi connectivity index (χ4v) is 4.46. The summed E-state index contributed by atoms with van der Waals surface area (Å²) in [5, 5.41) is 2.76. The lowest BCUT2D eigenvalue weighted by atomic mass is 10.0. The molecule has 6 nitrogen and oxygen atoms in total. The number of hydrogen-bond acceptors (Lipinski definition) is 4. The maximum atomic E-state index is 12.8. The molecule has 8 heteroatoms. The predicted molar refractivity (Wildman–Crippen MR) is 124 cm³/mol. The van der Waals surface area contributed by atoms with Gasteiger partial charge in [0, 0.05) is 16.9 Å². The van der Waals surface area contributed by atoms with Gasteiger partial charge in [0.1, 0.15) is 10.6 Å². The molecule has 31 heavy (non-hydrogen) atoms. The lowest BCUT2D eigenvalue weighted by molar-refractivity contribution is 0.102. The smallest absolute Gasteiger partial charge is 0.263 e. The van der Waals surface area contributed by atoms with E-state index >= 15 is 0 Å². The van der Waals surface area contributed by atoms with E-state index in [1.54, 1.807) is 42.5 Å². The van der Waals surface area contributed by atoms with Crippen LogP contribution in [0.25, 0.3) is 0 Å². The van der Waals surface area contributed by atoms with Crippen LogP contribution in [0.5, 0.6) is 5.75 Å². The van der Waals surface area contributed by atoms with Gasteiger partial charge in [-0.1, -0.05) is 37.6 Å². The van der Waals surface area contributed by atoms with Gasteiger partial charge in [0.2, 0.25) is 0 Å². The van der Waals surface area contributed by atoms with Crippen molar-refractivity contribution in [1.82, 2.24) is 0 Å². The topological polar surface area (TPSA) is 84.5 Å². The van der Waals surface area contributed by atoms with Crippen LogP contribution in [-0.2, 0) is 10.0 Å². The number of rotatable bonds is 7. The third-order valence-corrected chi connectivity index (χ3v) is 6.52. The van der Waals surface area contributed by atoms with E-state index in [-0.39, 0.29) is 15.8 Å². The highest BCUT2D eigenvalue weighted by Gasteiger charge is 2.20. The maximum Gasteiger partial charge on any atom is 0.263 e. The largest absolute Gasteiger partial charge is 0.497 e. The number of nitrogens with one attached hydrogen (secondary N) is 2. The molecule has 3 rings (SSSR count). The number of halogens is 1. The molecule has 0 saturated heterocycles. The first-order valence-electron chi connectivity index (χ1n) is 9.57. The van der Waals surface area contributed by atoms with Crippen LogP contribution >= 0.6 is 11.6 Å². The molecule has 162 valence electrons. The van der Waals surface area contributed by atoms with Crippen molar-refractivity contribution in [2.24, 2.45) is 0 Å². The summed E-state index contributed by atoms with van der Waals surface area (Å²) in [6, 6.07) is 18.0. The van der Waals surface area contributed by atoms with Crippen LogP contribution in [0.2, 0.25) is 5.02 Å². The van der Waals surface area contributed by atoms with E-state index in [0.29, 0.717) is 28.6 Å². The molecule has 2 N–H and O–H groups in total. The van der Waals surface area contributed by atoms with Crippen LogP contribution in [0.15, 0.2) is 71.6 Å². The van der Waals surface area contributed by atoms with Crippen molar-refractivity contribution in [3.63, 3.8) is 0 Å². The highest BCUT2D eigenvalue weighted by Crippen LogP contribution is 2.28. The van der Waals surface area contributed by atoms with Gasteiger partial charge in [-0.15, -0.1) is 0 Å². The molecule has 0 saturated carbocycles. The van der Waals surface area contributed by atoms with Gasteiger partial charge < -0.3 is 10.1 Å². The van der Waals surface area contributed by atoms with Gasteiger partial charge >= 0.3 is 0 Å². The van der Waals surface area contributed by atoms with Crippen molar-refractivity contribution >= 4 is 38.9 Å². The van der Waals surface area contributed by atoms with Crippen molar-refractivity contribution in [3.8, 4) is 5.75 Å². The van der Waals surface area contributed by atoms with E-state index in [0.717, 1.165) is 5.56 Å². The van der Waals surface area contributed by atoms with E-state index in [2.05, 4.69) is 23.9 Å². The fraction of sp³-hybridized carbons (Fsp3) is 0.174. The van der Waals surface area contributed by atoms with E-state index < -0.39 is 10.0 Å². The van der Waals surface area contributed by atoms with Crippen molar-refractivity contribution in [2.75, 3.05) is 17.1 Å². The zero-order chi connectivity index (χ0) is 22.6. The Hall–Kier alpha value is -3.03. The molecule has 0 aliphatic heterocycles. The normalized spacial score (nSPS) is 11.3. The molecule has 0 radical (unpaired) electrons. The summed E-state index contributed by atoms with van der Waals surface area (Å²) in [6.07, 6.45) is 0. The summed E-state index contributed by atoms with van der Waals surface area (Å²) in [7, 11) is -2.45. The SMILES string of the molecule is COc1ccc(NS(=O)(=O)c2cc(NC(=O)c3ccc(C(C)C)cc3)ccc2Cl)cc1. The second-order valence-corrected chi connectivity index (χ2v) is 9.27. The first kappa shape index (κ1) is 22.7. The zero-order valence-corrected chi connectivity index (χ0v) is 18.9. The number of hydrogen-bond donors (Lipinski definition) is 2. The van der Waals surface area contributed by atoms with Gasteiger partial charge in [0.15, 0.2) is 0 Å². The molecular weight excluding hydrogens is 436 g/mol. The highest BCUT2D eigenvalue weighted by molar-refractivity contribution is 7.92. The number of sulfonamides is 1. The van der Waals surface area contributed by atoms with Gasteiger partial charge in [-0.25, -0.2) is 8.42 Å². The molecule has 0 atom stereocenters. The summed E-state index contributed by atoms with van der Waals surface area (Å²) in [5.41, 5.74) is 2.27. The Morgan fingerprint density at radius 3 is 2.13 bits per heavy atom. The second-order valence-electron chi connectivity index (χ2n) is 7.21. The summed E-state index contributed by atoms with van der Waals surface area (Å²) < 4.78 is 33.2. The van der Waals surface area contributed by atoms with Gasteiger partial charge in [-0.05, 0) is 66.1 Å². The van der Waals surface area contributed by atoms with Crippen LogP contribution in [0.1, 0.15) is 35.7 Å². The Labute approximate surface area is 187 Å². The van der Waals surface area contributed by atoms with E-state index in [1.807, 2.05) is 12.1 Å². The van der Waals surface area contributed by atoms with Crippen molar-refractivity contribution in [3.05, 3.63) is 82.9 Å².